The molecule has 0 saturated heterocycles. The van der Waals surface area contributed by atoms with Crippen LogP contribution in [0.4, 0.5) is 0 Å². The topological polar surface area (TPSA) is 52.6 Å². The normalized spacial score (nSPS) is 22.8. The molecule has 1 fully saturated rings. The van der Waals surface area contributed by atoms with Crippen LogP contribution in [0.25, 0.3) is 10.1 Å². The van der Waals surface area contributed by atoms with E-state index in [2.05, 4.69) is 20.8 Å². The highest BCUT2D eigenvalue weighted by Crippen LogP contribution is 2.36. The molecule has 0 spiro atoms. The molecule has 0 unspecified atom stereocenters. The van der Waals surface area contributed by atoms with Gasteiger partial charge < -0.3 is 9.47 Å². The highest BCUT2D eigenvalue weighted by Gasteiger charge is 2.33. The monoisotopic (exact) mass is 408 g/mol. The molecule has 1 saturated carbocycles. The highest BCUT2D eigenvalue weighted by molar-refractivity contribution is 7.21. The van der Waals surface area contributed by atoms with Crippen LogP contribution in [0.5, 0.6) is 0 Å². The molecule has 146 valence electrons. The summed E-state index contributed by atoms with van der Waals surface area (Å²) in [7, 11) is 0. The molecule has 4 nitrogen and oxygen atoms in total. The summed E-state index contributed by atoms with van der Waals surface area (Å²) in [6.45, 7) is 6.11. The molecule has 3 rings (SSSR count). The van der Waals surface area contributed by atoms with Gasteiger partial charge in [0.25, 0.3) is 0 Å². The van der Waals surface area contributed by atoms with Gasteiger partial charge in [-0.1, -0.05) is 57.0 Å². The Bertz CT molecular complexity index is 829. The number of ether oxygens (including phenoxy) is 2. The van der Waals surface area contributed by atoms with Crippen molar-refractivity contribution in [3.05, 3.63) is 34.2 Å². The average molecular weight is 409 g/mol. The Balaban J connectivity index is 1.59. The minimum atomic E-state index is -0.587. The molecule has 1 aromatic heterocycles. The zero-order valence-electron chi connectivity index (χ0n) is 15.9. The zero-order valence-corrected chi connectivity index (χ0v) is 17.4. The van der Waals surface area contributed by atoms with Gasteiger partial charge in [0, 0.05) is 10.1 Å². The van der Waals surface area contributed by atoms with Crippen LogP contribution in [0, 0.1) is 17.8 Å². The molecule has 1 aliphatic rings. The summed E-state index contributed by atoms with van der Waals surface area (Å²) in [5.41, 5.74) is 0. The molecule has 0 aliphatic heterocycles. The molecule has 3 atom stereocenters. The Kier molecular flexibility index (Phi) is 6.43. The minimum absolute atomic E-state index is 0.104. The second-order valence-electron chi connectivity index (χ2n) is 7.67. The molecule has 0 radical (unpaired) electrons. The maximum absolute atomic E-state index is 12.4. The van der Waals surface area contributed by atoms with E-state index >= 15 is 0 Å². The molecule has 1 heterocycles. The molecule has 27 heavy (non-hydrogen) atoms. The van der Waals surface area contributed by atoms with Gasteiger partial charge in [0.2, 0.25) is 0 Å². The molecule has 2 aromatic rings. The van der Waals surface area contributed by atoms with Crippen molar-refractivity contribution in [2.24, 2.45) is 17.8 Å². The van der Waals surface area contributed by atoms with E-state index in [-0.39, 0.29) is 12.7 Å². The fourth-order valence-electron chi connectivity index (χ4n) is 3.79. The van der Waals surface area contributed by atoms with Gasteiger partial charge in [0.05, 0.1) is 5.02 Å². The maximum atomic E-state index is 12.4. The second-order valence-corrected chi connectivity index (χ2v) is 9.10. The second kappa shape index (κ2) is 8.61. The third-order valence-electron chi connectivity index (χ3n) is 5.29. The van der Waals surface area contributed by atoms with Crippen LogP contribution >= 0.6 is 22.9 Å². The molecule has 6 heteroatoms. The number of carbonyl (C=O) groups excluding carboxylic acids is 2. The SMILES string of the molecule is CC(C)[C@@H]1CC[C@H](C)C[C@@H]1OC(=O)COC(=O)c1sc2ccccc2c1Cl. The lowest BCUT2D eigenvalue weighted by atomic mass is 9.75. The predicted octanol–water partition coefficient (Wildman–Crippen LogP) is 5.72. The Labute approximate surface area is 168 Å². The summed E-state index contributed by atoms with van der Waals surface area (Å²) in [6.07, 6.45) is 2.99. The number of thiophene rings is 1. The summed E-state index contributed by atoms with van der Waals surface area (Å²) in [5, 5.41) is 1.18. The van der Waals surface area contributed by atoms with Crippen molar-refractivity contribution in [1.29, 1.82) is 0 Å². The molecule has 0 amide bonds. The predicted molar refractivity (Wildman–Crippen MR) is 108 cm³/mol. The quantitative estimate of drug-likeness (QED) is 0.594. The van der Waals surface area contributed by atoms with Crippen molar-refractivity contribution in [3.63, 3.8) is 0 Å². The van der Waals surface area contributed by atoms with E-state index in [0.29, 0.717) is 27.7 Å². The number of carbonyl (C=O) groups is 2. The first-order chi connectivity index (χ1) is 12.9. The third kappa shape index (κ3) is 4.64. The number of fused-ring (bicyclic) bond motifs is 1. The molecular weight excluding hydrogens is 384 g/mol. The number of rotatable bonds is 5. The van der Waals surface area contributed by atoms with Gasteiger partial charge >= 0.3 is 11.9 Å². The van der Waals surface area contributed by atoms with Crippen molar-refractivity contribution in [3.8, 4) is 0 Å². The zero-order chi connectivity index (χ0) is 19.6. The van der Waals surface area contributed by atoms with Crippen LogP contribution in [-0.2, 0) is 14.3 Å². The van der Waals surface area contributed by atoms with Crippen molar-refractivity contribution < 1.29 is 19.1 Å². The summed E-state index contributed by atoms with van der Waals surface area (Å²) >= 11 is 7.55. The number of esters is 2. The van der Waals surface area contributed by atoms with E-state index in [1.165, 1.54) is 11.3 Å². The van der Waals surface area contributed by atoms with Crippen LogP contribution in [0.1, 0.15) is 49.7 Å². The molecule has 0 N–H and O–H groups in total. The third-order valence-corrected chi connectivity index (χ3v) is 6.94. The van der Waals surface area contributed by atoms with Crippen molar-refractivity contribution in [2.75, 3.05) is 6.61 Å². The van der Waals surface area contributed by atoms with Crippen molar-refractivity contribution >= 4 is 45.0 Å². The summed E-state index contributed by atoms with van der Waals surface area (Å²) in [5.74, 6) is 0.270. The first-order valence-electron chi connectivity index (χ1n) is 9.40. The van der Waals surface area contributed by atoms with Crippen LogP contribution in [0.2, 0.25) is 5.02 Å². The first kappa shape index (κ1) is 20.2. The van der Waals surface area contributed by atoms with E-state index in [1.807, 2.05) is 24.3 Å². The molecule has 0 bridgehead atoms. The van der Waals surface area contributed by atoms with E-state index in [0.717, 1.165) is 29.3 Å². The number of halogens is 1. The van der Waals surface area contributed by atoms with Gasteiger partial charge in [-0.2, -0.15) is 0 Å². The minimum Gasteiger partial charge on any atom is -0.460 e. The average Bonchev–Trinajstić information content (AvgIpc) is 2.97. The van der Waals surface area contributed by atoms with Crippen LogP contribution in [0.15, 0.2) is 24.3 Å². The summed E-state index contributed by atoms with van der Waals surface area (Å²) < 4.78 is 11.8. The van der Waals surface area contributed by atoms with Crippen LogP contribution < -0.4 is 0 Å². The van der Waals surface area contributed by atoms with Crippen LogP contribution in [-0.4, -0.2) is 24.6 Å². The van der Waals surface area contributed by atoms with Gasteiger partial charge in [-0.15, -0.1) is 11.3 Å². The largest absolute Gasteiger partial charge is 0.460 e. The Morgan fingerprint density at radius 2 is 2.00 bits per heavy atom. The van der Waals surface area contributed by atoms with Crippen molar-refractivity contribution in [2.45, 2.75) is 46.1 Å². The van der Waals surface area contributed by atoms with Gasteiger partial charge in [0.1, 0.15) is 11.0 Å². The Hall–Kier alpha value is -1.59. The molecular formula is C21H25ClO4S. The van der Waals surface area contributed by atoms with E-state index in [9.17, 15) is 9.59 Å². The number of benzene rings is 1. The number of hydrogen-bond acceptors (Lipinski definition) is 5. The smallest absolute Gasteiger partial charge is 0.350 e. The number of hydrogen-bond donors (Lipinski definition) is 0. The maximum Gasteiger partial charge on any atom is 0.350 e. The van der Waals surface area contributed by atoms with Gasteiger partial charge in [-0.05, 0) is 36.7 Å². The fraction of sp³-hybridized carbons (Fsp3) is 0.524. The van der Waals surface area contributed by atoms with E-state index in [1.54, 1.807) is 0 Å². The summed E-state index contributed by atoms with van der Waals surface area (Å²) in [4.78, 5) is 24.9. The summed E-state index contributed by atoms with van der Waals surface area (Å²) in [6, 6.07) is 7.50. The van der Waals surface area contributed by atoms with Gasteiger partial charge in [-0.3, -0.25) is 0 Å². The lowest BCUT2D eigenvalue weighted by molar-refractivity contribution is -0.159. The molecule has 1 aromatic carbocycles. The van der Waals surface area contributed by atoms with E-state index in [4.69, 9.17) is 21.1 Å². The lowest BCUT2D eigenvalue weighted by Crippen LogP contribution is -2.36. The highest BCUT2D eigenvalue weighted by atomic mass is 35.5. The van der Waals surface area contributed by atoms with Crippen LogP contribution in [0.3, 0.4) is 0 Å². The lowest BCUT2D eigenvalue weighted by Gasteiger charge is -2.36. The first-order valence-corrected chi connectivity index (χ1v) is 10.6. The molecule has 1 aliphatic carbocycles. The Morgan fingerprint density at radius 1 is 1.26 bits per heavy atom. The Morgan fingerprint density at radius 3 is 2.70 bits per heavy atom. The van der Waals surface area contributed by atoms with Crippen molar-refractivity contribution in [1.82, 2.24) is 0 Å². The van der Waals surface area contributed by atoms with Gasteiger partial charge in [0.15, 0.2) is 6.61 Å². The van der Waals surface area contributed by atoms with E-state index < -0.39 is 11.9 Å². The fourth-order valence-corrected chi connectivity index (χ4v) is 5.19. The van der Waals surface area contributed by atoms with Gasteiger partial charge in [-0.25, -0.2) is 9.59 Å². The standard InChI is InChI=1S/C21H25ClO4S/c1-12(2)14-9-8-13(3)10-16(14)26-18(23)11-25-21(24)20-19(22)15-6-4-5-7-17(15)27-20/h4-7,12-14,16H,8-11H2,1-3H3/t13-,14-,16-/m0/s1.